The summed E-state index contributed by atoms with van der Waals surface area (Å²) in [6.45, 7) is 3.01. The first-order valence-corrected chi connectivity index (χ1v) is 13.5. The van der Waals surface area contributed by atoms with E-state index in [0.29, 0.717) is 5.75 Å². The average Bonchev–Trinajstić information content (AvgIpc) is 2.63. The van der Waals surface area contributed by atoms with E-state index in [9.17, 15) is 5.11 Å². The summed E-state index contributed by atoms with van der Waals surface area (Å²) in [6.07, 6.45) is 7.07. The maximum absolute atomic E-state index is 9.82. The van der Waals surface area contributed by atoms with E-state index in [1.807, 2.05) is 12.1 Å². The van der Waals surface area contributed by atoms with Crippen LogP contribution < -0.4 is 4.74 Å². The molecule has 0 aliphatic heterocycles. The predicted molar refractivity (Wildman–Crippen MR) is 116 cm³/mol. The number of aromatic hydroxyl groups is 1. The maximum Gasteiger partial charge on any atom is 0.130 e. The van der Waals surface area contributed by atoms with Crippen molar-refractivity contribution in [3.8, 4) is 22.6 Å². The summed E-state index contributed by atoms with van der Waals surface area (Å²) in [7, 11) is 0.958. The summed E-state index contributed by atoms with van der Waals surface area (Å²) in [5, 5.41) is 9.82. The zero-order valence-corrected chi connectivity index (χ0v) is 18.1. The van der Waals surface area contributed by atoms with Gasteiger partial charge in [0.15, 0.2) is 0 Å². The summed E-state index contributed by atoms with van der Waals surface area (Å²) in [5.74, 6) is 1.29. The molecule has 0 aliphatic rings. The van der Waals surface area contributed by atoms with Crippen LogP contribution >= 0.6 is 21.8 Å². The molecule has 0 aliphatic carbocycles. The molecular formula is C21H27IO2Si. The van der Waals surface area contributed by atoms with Crippen molar-refractivity contribution in [2.75, 3.05) is 6.61 Å². The summed E-state index contributed by atoms with van der Waals surface area (Å²) < 4.78 is 5.83. The third-order valence-corrected chi connectivity index (χ3v) is 6.40. The number of rotatable bonds is 11. The molecule has 0 saturated carbocycles. The Labute approximate surface area is 167 Å². The molecule has 2 rings (SSSR count). The monoisotopic (exact) mass is 466 g/mol. The highest BCUT2D eigenvalue weighted by Crippen LogP contribution is 2.29. The number of phenolic OH excluding ortho intramolecular Hbond substituents is 1. The van der Waals surface area contributed by atoms with Crippen molar-refractivity contribution in [3.63, 3.8) is 0 Å². The van der Waals surface area contributed by atoms with Crippen LogP contribution in [0.4, 0.5) is 0 Å². The van der Waals surface area contributed by atoms with E-state index in [4.69, 9.17) is 4.74 Å². The van der Waals surface area contributed by atoms with Crippen molar-refractivity contribution in [1.82, 2.24) is 0 Å². The van der Waals surface area contributed by atoms with Crippen LogP contribution in [0, 0.1) is 0 Å². The largest absolute Gasteiger partial charge is 0.508 e. The SMILES string of the molecule is CCCCCCOc1ccc(-c2ccc(O)cc2CCC[Si]I)cc1. The highest BCUT2D eigenvalue weighted by Gasteiger charge is 2.07. The van der Waals surface area contributed by atoms with E-state index in [1.54, 1.807) is 6.07 Å². The van der Waals surface area contributed by atoms with E-state index in [2.05, 4.69) is 53.0 Å². The molecule has 0 aromatic heterocycles. The van der Waals surface area contributed by atoms with Gasteiger partial charge in [0.25, 0.3) is 0 Å². The Morgan fingerprint density at radius 3 is 2.52 bits per heavy atom. The molecule has 0 fully saturated rings. The Hall–Kier alpha value is -1.01. The summed E-state index contributed by atoms with van der Waals surface area (Å²) >= 11 is 2.44. The minimum absolute atomic E-state index is 0.350. The fourth-order valence-electron chi connectivity index (χ4n) is 2.86. The van der Waals surface area contributed by atoms with Crippen LogP contribution in [0.1, 0.15) is 44.6 Å². The summed E-state index contributed by atoms with van der Waals surface area (Å²) in [5.41, 5.74) is 3.62. The Balaban J connectivity index is 2.01. The van der Waals surface area contributed by atoms with Gasteiger partial charge >= 0.3 is 0 Å². The van der Waals surface area contributed by atoms with Gasteiger partial charge in [0, 0.05) is 0 Å². The van der Waals surface area contributed by atoms with Gasteiger partial charge in [-0.05, 0) is 53.8 Å². The number of aryl methyl sites for hydroxylation is 1. The van der Waals surface area contributed by atoms with E-state index in [-0.39, 0.29) is 0 Å². The second kappa shape index (κ2) is 11.6. The molecule has 0 amide bonds. The quantitative estimate of drug-likeness (QED) is 0.179. The zero-order valence-electron chi connectivity index (χ0n) is 14.9. The van der Waals surface area contributed by atoms with E-state index in [0.717, 1.165) is 38.6 Å². The van der Waals surface area contributed by atoms with Gasteiger partial charge in [0.05, 0.1) is 6.61 Å². The lowest BCUT2D eigenvalue weighted by atomic mass is 9.96. The van der Waals surface area contributed by atoms with Crippen LogP contribution in [0.2, 0.25) is 6.04 Å². The van der Waals surface area contributed by atoms with Crippen LogP contribution in [-0.2, 0) is 6.42 Å². The molecule has 25 heavy (non-hydrogen) atoms. The van der Waals surface area contributed by atoms with Gasteiger partial charge < -0.3 is 9.84 Å². The minimum Gasteiger partial charge on any atom is -0.508 e. The maximum atomic E-state index is 9.82. The predicted octanol–water partition coefficient (Wildman–Crippen LogP) is 6.42. The van der Waals surface area contributed by atoms with Crippen molar-refractivity contribution >= 4 is 28.8 Å². The summed E-state index contributed by atoms with van der Waals surface area (Å²) in [4.78, 5) is 0. The van der Waals surface area contributed by atoms with Crippen molar-refractivity contribution in [2.24, 2.45) is 0 Å². The van der Waals surface area contributed by atoms with Crippen molar-refractivity contribution in [3.05, 3.63) is 48.0 Å². The second-order valence-corrected chi connectivity index (χ2v) is 9.32. The number of hydrogen-bond donors (Lipinski definition) is 1. The van der Waals surface area contributed by atoms with Crippen LogP contribution in [0.3, 0.4) is 0 Å². The highest BCUT2D eigenvalue weighted by molar-refractivity contribution is 14.1. The third kappa shape index (κ3) is 7.02. The number of phenols is 1. The van der Waals surface area contributed by atoms with Crippen molar-refractivity contribution < 1.29 is 9.84 Å². The number of unbranched alkanes of at least 4 members (excludes halogenated alkanes) is 3. The number of halogens is 1. The lowest BCUT2D eigenvalue weighted by Gasteiger charge is -2.12. The molecule has 1 N–H and O–H groups in total. The van der Waals surface area contributed by atoms with Gasteiger partial charge in [-0.1, -0.05) is 56.9 Å². The first-order chi connectivity index (χ1) is 12.2. The number of hydrogen-bond acceptors (Lipinski definition) is 2. The molecule has 2 nitrogen and oxygen atoms in total. The molecule has 0 atom stereocenters. The second-order valence-electron chi connectivity index (χ2n) is 6.26. The number of benzene rings is 2. The Morgan fingerprint density at radius 1 is 1.00 bits per heavy atom. The van der Waals surface area contributed by atoms with Gasteiger partial charge in [0.1, 0.15) is 18.5 Å². The Morgan fingerprint density at radius 2 is 1.80 bits per heavy atom. The molecule has 134 valence electrons. The van der Waals surface area contributed by atoms with Gasteiger partial charge in [-0.2, -0.15) is 0 Å². The van der Waals surface area contributed by atoms with Crippen LogP contribution in [0.5, 0.6) is 11.5 Å². The molecule has 2 aromatic carbocycles. The molecule has 0 unspecified atom stereocenters. The molecule has 0 spiro atoms. The lowest BCUT2D eigenvalue weighted by molar-refractivity contribution is 0.305. The van der Waals surface area contributed by atoms with Gasteiger partial charge in [0.2, 0.25) is 0 Å². The normalized spacial score (nSPS) is 10.8. The molecule has 4 heteroatoms. The highest BCUT2D eigenvalue weighted by atomic mass is 127. The molecule has 0 bridgehead atoms. The minimum atomic E-state index is 0.350. The van der Waals surface area contributed by atoms with E-state index >= 15 is 0 Å². The topological polar surface area (TPSA) is 29.5 Å². The fourth-order valence-corrected chi connectivity index (χ4v) is 4.32. The molecular weight excluding hydrogens is 439 g/mol. The molecule has 2 aromatic rings. The molecule has 0 saturated heterocycles. The fraction of sp³-hybridized carbons (Fsp3) is 0.429. The van der Waals surface area contributed by atoms with Gasteiger partial charge in [-0.15, -0.1) is 21.8 Å². The number of ether oxygens (including phenoxy) is 1. The van der Waals surface area contributed by atoms with Crippen molar-refractivity contribution in [1.29, 1.82) is 0 Å². The van der Waals surface area contributed by atoms with Crippen LogP contribution in [-0.4, -0.2) is 18.7 Å². The molecule has 2 radical (unpaired) electrons. The Bertz CT molecular complexity index is 628. The summed E-state index contributed by atoms with van der Waals surface area (Å²) in [6, 6.07) is 15.3. The smallest absolute Gasteiger partial charge is 0.130 e. The lowest BCUT2D eigenvalue weighted by Crippen LogP contribution is -1.97. The standard InChI is InChI=1S/C21H27IO2Si/c1-2-3-4-5-14-24-20-11-8-17(9-12-20)21-13-10-19(23)16-18(21)7-6-15-25-22/h8-13,16,23H,2-7,14-15H2,1H3. The van der Waals surface area contributed by atoms with Gasteiger partial charge in [-0.3, -0.25) is 0 Å². The zero-order chi connectivity index (χ0) is 17.9. The van der Waals surface area contributed by atoms with Crippen molar-refractivity contribution in [2.45, 2.75) is 51.5 Å². The van der Waals surface area contributed by atoms with Crippen LogP contribution in [0.25, 0.3) is 11.1 Å². The molecule has 0 heterocycles. The first kappa shape index (κ1) is 20.3. The average molecular weight is 466 g/mol. The van der Waals surface area contributed by atoms with E-state index in [1.165, 1.54) is 42.0 Å². The Kier molecular flexibility index (Phi) is 9.40. The van der Waals surface area contributed by atoms with E-state index < -0.39 is 0 Å². The van der Waals surface area contributed by atoms with Crippen LogP contribution in [0.15, 0.2) is 42.5 Å². The van der Waals surface area contributed by atoms with Gasteiger partial charge in [-0.25, -0.2) is 0 Å². The third-order valence-electron chi connectivity index (χ3n) is 4.24. The first-order valence-electron chi connectivity index (χ1n) is 9.13.